The van der Waals surface area contributed by atoms with Crippen molar-refractivity contribution in [3.8, 4) is 0 Å². The molecule has 0 amide bonds. The molecule has 0 radical (unpaired) electrons. The van der Waals surface area contributed by atoms with Gasteiger partial charge in [-0.15, -0.1) is 35.7 Å². The minimum Gasteiger partial charge on any atom is -0.383 e. The van der Waals surface area contributed by atoms with E-state index in [1.165, 1.54) is 10.5 Å². The highest BCUT2D eigenvalue weighted by molar-refractivity contribution is 14.0. The second-order valence-corrected chi connectivity index (χ2v) is 5.51. The third-order valence-electron chi connectivity index (χ3n) is 2.59. The molecule has 0 heterocycles. The van der Waals surface area contributed by atoms with Crippen LogP contribution in [0.2, 0.25) is 0 Å². The Morgan fingerprint density at radius 3 is 2.57 bits per heavy atom. The van der Waals surface area contributed by atoms with Gasteiger partial charge in [0.2, 0.25) is 0 Å². The lowest BCUT2D eigenvalue weighted by molar-refractivity contribution is 0.208. The molecule has 0 saturated carbocycles. The number of hydrogen-bond acceptors (Lipinski definition) is 3. The Morgan fingerprint density at radius 2 is 1.95 bits per heavy atom. The third-order valence-corrected chi connectivity index (χ3v) is 3.61. The second kappa shape index (κ2) is 13.2. The predicted octanol–water partition coefficient (Wildman–Crippen LogP) is 2.91. The molecule has 0 aliphatic heterocycles. The van der Waals surface area contributed by atoms with Gasteiger partial charge in [0, 0.05) is 30.8 Å². The molecule has 1 rings (SSSR count). The molecule has 0 fully saturated rings. The Labute approximate surface area is 149 Å². The van der Waals surface area contributed by atoms with Gasteiger partial charge in [0.15, 0.2) is 5.96 Å². The number of nitrogens with zero attached hydrogens (tertiary/aromatic N) is 1. The fraction of sp³-hybridized carbons (Fsp3) is 0.533. The fourth-order valence-corrected chi connectivity index (χ4v) is 2.33. The number of aliphatic imine (C=N–C) groups is 1. The summed E-state index contributed by atoms with van der Waals surface area (Å²) in [6, 6.07) is 8.62. The van der Waals surface area contributed by atoms with Crippen molar-refractivity contribution in [1.82, 2.24) is 10.6 Å². The standard InChI is InChI=1S/C15H25N3OS.HI/c1-4-16-15(17-9-11-19-3)18-10-12-20-14-7-5-13(2)6-8-14;/h5-8H,4,9-12H2,1-3H3,(H2,16,17,18);1H. The number of rotatable bonds is 8. The van der Waals surface area contributed by atoms with Gasteiger partial charge >= 0.3 is 0 Å². The van der Waals surface area contributed by atoms with E-state index in [2.05, 4.69) is 53.7 Å². The summed E-state index contributed by atoms with van der Waals surface area (Å²) in [7, 11) is 1.69. The molecule has 0 spiro atoms. The molecule has 4 nitrogen and oxygen atoms in total. The van der Waals surface area contributed by atoms with Crippen molar-refractivity contribution in [3.05, 3.63) is 29.8 Å². The highest BCUT2D eigenvalue weighted by Gasteiger charge is 1.97. The lowest BCUT2D eigenvalue weighted by atomic mass is 10.2. The molecule has 2 N–H and O–H groups in total. The summed E-state index contributed by atoms with van der Waals surface area (Å²) in [6.45, 7) is 7.25. The van der Waals surface area contributed by atoms with E-state index < -0.39 is 0 Å². The van der Waals surface area contributed by atoms with Crippen molar-refractivity contribution in [3.63, 3.8) is 0 Å². The molecule has 0 aliphatic carbocycles. The summed E-state index contributed by atoms with van der Waals surface area (Å²) in [6.07, 6.45) is 0. The molecule has 0 aliphatic rings. The van der Waals surface area contributed by atoms with Crippen LogP contribution in [0.3, 0.4) is 0 Å². The Morgan fingerprint density at radius 1 is 1.24 bits per heavy atom. The Kier molecular flexibility index (Phi) is 12.9. The van der Waals surface area contributed by atoms with Gasteiger partial charge in [-0.05, 0) is 26.0 Å². The molecular formula is C15H26IN3OS. The summed E-state index contributed by atoms with van der Waals surface area (Å²) < 4.78 is 5.00. The van der Waals surface area contributed by atoms with Crippen LogP contribution >= 0.6 is 35.7 Å². The van der Waals surface area contributed by atoms with Crippen LogP contribution in [-0.4, -0.2) is 45.1 Å². The lowest BCUT2D eigenvalue weighted by Crippen LogP contribution is -2.38. The van der Waals surface area contributed by atoms with Crippen molar-refractivity contribution in [2.24, 2.45) is 4.99 Å². The van der Waals surface area contributed by atoms with E-state index >= 15 is 0 Å². The van der Waals surface area contributed by atoms with Gasteiger partial charge in [0.25, 0.3) is 0 Å². The zero-order valence-electron chi connectivity index (χ0n) is 13.0. The summed E-state index contributed by atoms with van der Waals surface area (Å²) in [5, 5.41) is 6.55. The number of aryl methyl sites for hydroxylation is 1. The third kappa shape index (κ3) is 9.97. The zero-order chi connectivity index (χ0) is 14.6. The maximum atomic E-state index is 5.00. The molecule has 0 saturated heterocycles. The van der Waals surface area contributed by atoms with E-state index in [0.29, 0.717) is 13.2 Å². The lowest BCUT2D eigenvalue weighted by Gasteiger charge is -2.11. The average Bonchev–Trinajstić information content (AvgIpc) is 2.45. The maximum absolute atomic E-state index is 5.00. The maximum Gasteiger partial charge on any atom is 0.191 e. The molecule has 1 aromatic rings. The van der Waals surface area contributed by atoms with Gasteiger partial charge in [-0.2, -0.15) is 0 Å². The predicted molar refractivity (Wildman–Crippen MR) is 103 cm³/mol. The molecule has 0 unspecified atom stereocenters. The van der Waals surface area contributed by atoms with Crippen LogP contribution in [0.4, 0.5) is 0 Å². The van der Waals surface area contributed by atoms with Crippen LogP contribution in [-0.2, 0) is 4.74 Å². The number of halogens is 1. The van der Waals surface area contributed by atoms with E-state index in [-0.39, 0.29) is 24.0 Å². The van der Waals surface area contributed by atoms with Gasteiger partial charge < -0.3 is 15.4 Å². The quantitative estimate of drug-likeness (QED) is 0.222. The van der Waals surface area contributed by atoms with Gasteiger partial charge in [-0.25, -0.2) is 0 Å². The van der Waals surface area contributed by atoms with Crippen molar-refractivity contribution in [2.45, 2.75) is 18.7 Å². The average molecular weight is 423 g/mol. The molecule has 21 heavy (non-hydrogen) atoms. The SMILES string of the molecule is CCNC(=NCCOC)NCCSc1ccc(C)cc1.I. The van der Waals surface area contributed by atoms with Crippen LogP contribution < -0.4 is 10.6 Å². The number of guanidine groups is 1. The largest absolute Gasteiger partial charge is 0.383 e. The first-order chi connectivity index (χ1) is 9.76. The number of ether oxygens (including phenoxy) is 1. The van der Waals surface area contributed by atoms with E-state index in [1.54, 1.807) is 7.11 Å². The van der Waals surface area contributed by atoms with E-state index in [4.69, 9.17) is 4.74 Å². The summed E-state index contributed by atoms with van der Waals surface area (Å²) in [5.41, 5.74) is 1.30. The van der Waals surface area contributed by atoms with Gasteiger partial charge in [-0.3, -0.25) is 4.99 Å². The van der Waals surface area contributed by atoms with Crippen LogP contribution in [0.5, 0.6) is 0 Å². The van der Waals surface area contributed by atoms with Crippen LogP contribution in [0.15, 0.2) is 34.2 Å². The highest BCUT2D eigenvalue weighted by atomic mass is 127. The minimum absolute atomic E-state index is 0. The smallest absolute Gasteiger partial charge is 0.191 e. The van der Waals surface area contributed by atoms with Crippen molar-refractivity contribution < 1.29 is 4.74 Å². The van der Waals surface area contributed by atoms with E-state index in [1.807, 2.05) is 11.8 Å². The Balaban J connectivity index is 0.00000400. The Bertz CT molecular complexity index is 398. The van der Waals surface area contributed by atoms with Gasteiger partial charge in [-0.1, -0.05) is 17.7 Å². The number of hydrogen-bond donors (Lipinski definition) is 2. The van der Waals surface area contributed by atoms with Crippen molar-refractivity contribution >= 4 is 41.7 Å². The summed E-state index contributed by atoms with van der Waals surface area (Å²) in [5.74, 6) is 1.87. The van der Waals surface area contributed by atoms with Crippen molar-refractivity contribution in [1.29, 1.82) is 0 Å². The van der Waals surface area contributed by atoms with E-state index in [0.717, 1.165) is 24.8 Å². The first kappa shape index (κ1) is 20.5. The highest BCUT2D eigenvalue weighted by Crippen LogP contribution is 2.17. The second-order valence-electron chi connectivity index (χ2n) is 4.34. The number of thioether (sulfide) groups is 1. The van der Waals surface area contributed by atoms with E-state index in [9.17, 15) is 0 Å². The summed E-state index contributed by atoms with van der Waals surface area (Å²) in [4.78, 5) is 5.72. The topological polar surface area (TPSA) is 45.7 Å². The minimum atomic E-state index is 0. The normalized spacial score (nSPS) is 10.9. The molecule has 120 valence electrons. The number of methoxy groups -OCH3 is 1. The number of benzene rings is 1. The van der Waals surface area contributed by atoms with Crippen LogP contribution in [0, 0.1) is 6.92 Å². The molecule has 0 bridgehead atoms. The molecular weight excluding hydrogens is 397 g/mol. The molecule has 0 aromatic heterocycles. The van der Waals surface area contributed by atoms with Crippen LogP contribution in [0.1, 0.15) is 12.5 Å². The fourth-order valence-electron chi connectivity index (χ4n) is 1.56. The van der Waals surface area contributed by atoms with Crippen molar-refractivity contribution in [2.75, 3.05) is 39.1 Å². The first-order valence-corrected chi connectivity index (χ1v) is 7.95. The van der Waals surface area contributed by atoms with Gasteiger partial charge in [0.05, 0.1) is 13.2 Å². The molecule has 1 aromatic carbocycles. The number of nitrogens with one attached hydrogen (secondary N) is 2. The van der Waals surface area contributed by atoms with Gasteiger partial charge in [0.1, 0.15) is 0 Å². The summed E-state index contributed by atoms with van der Waals surface area (Å²) >= 11 is 1.85. The molecule has 0 atom stereocenters. The zero-order valence-corrected chi connectivity index (χ0v) is 16.2. The first-order valence-electron chi connectivity index (χ1n) is 6.97. The molecule has 6 heteroatoms. The Hall–Kier alpha value is -0.470. The van der Waals surface area contributed by atoms with Crippen LogP contribution in [0.25, 0.3) is 0 Å². The monoisotopic (exact) mass is 423 g/mol.